The molecule has 1 aliphatic heterocycles. The number of aromatic nitrogens is 2. The number of aryl methyl sites for hydroxylation is 2. The van der Waals surface area contributed by atoms with Crippen LogP contribution in [0.25, 0.3) is 11.4 Å². The Morgan fingerprint density at radius 2 is 1.94 bits per heavy atom. The molecule has 1 aromatic carbocycles. The monoisotopic (exact) mass is 451 g/mol. The second-order valence-corrected chi connectivity index (χ2v) is 9.61. The smallest absolute Gasteiger partial charge is 0.307 e. The van der Waals surface area contributed by atoms with Crippen molar-refractivity contribution in [1.29, 1.82) is 0 Å². The number of aliphatic carboxylic acids is 1. The number of hydrogen-bond donors (Lipinski definition) is 1. The lowest BCUT2D eigenvalue weighted by molar-refractivity contribution is -0.142. The number of nitrogens with zero attached hydrogens (tertiary/aromatic N) is 3. The third-order valence-corrected chi connectivity index (χ3v) is 7.41. The molecule has 6 nitrogen and oxygen atoms in total. The molecular formula is C27H37N3O3. The molecule has 1 aromatic heterocycles. The maximum Gasteiger partial charge on any atom is 0.307 e. The topological polar surface area (TPSA) is 75.4 Å². The van der Waals surface area contributed by atoms with E-state index in [1.54, 1.807) is 0 Å². The summed E-state index contributed by atoms with van der Waals surface area (Å²) < 4.78 is 2.15. The van der Waals surface area contributed by atoms with E-state index in [0.717, 1.165) is 76.0 Å². The number of rotatable bonds is 9. The largest absolute Gasteiger partial charge is 0.481 e. The standard InChI is InChI=1S/C27H37N3O3/c1-3-5-7-16-30-18-24(26(31)29-14-8-6-9-15-29)28-25(30)20-11-12-22-19(17-20)10-13-23(22)21(4-2)27(32)33/h11-12,17-18,21,23H,3-10,13-16H2,1-2H3,(H,32,33). The van der Waals surface area contributed by atoms with Gasteiger partial charge in [-0.3, -0.25) is 9.59 Å². The predicted molar refractivity (Wildman–Crippen MR) is 129 cm³/mol. The average molecular weight is 452 g/mol. The van der Waals surface area contributed by atoms with Crippen LogP contribution < -0.4 is 0 Å². The van der Waals surface area contributed by atoms with Gasteiger partial charge in [-0.2, -0.15) is 0 Å². The van der Waals surface area contributed by atoms with Crippen LogP contribution in [-0.2, 0) is 17.8 Å². The highest BCUT2D eigenvalue weighted by atomic mass is 16.4. The molecule has 0 saturated carbocycles. The predicted octanol–water partition coefficient (Wildman–Crippen LogP) is 5.51. The van der Waals surface area contributed by atoms with Crippen LogP contribution in [0.4, 0.5) is 0 Å². The molecule has 0 bridgehead atoms. The first-order chi connectivity index (χ1) is 16.0. The highest BCUT2D eigenvalue weighted by Gasteiger charge is 2.33. The zero-order valence-corrected chi connectivity index (χ0v) is 20.1. The normalized spacial score (nSPS) is 18.8. The number of carbonyl (C=O) groups excluding carboxylic acids is 1. The number of likely N-dealkylation sites (tertiary alicyclic amines) is 1. The van der Waals surface area contributed by atoms with Gasteiger partial charge in [0.25, 0.3) is 5.91 Å². The van der Waals surface area contributed by atoms with Crippen molar-refractivity contribution in [3.8, 4) is 11.4 Å². The first-order valence-electron chi connectivity index (χ1n) is 12.8. The van der Waals surface area contributed by atoms with E-state index in [4.69, 9.17) is 4.98 Å². The van der Waals surface area contributed by atoms with Crippen molar-refractivity contribution in [2.75, 3.05) is 13.1 Å². The summed E-state index contributed by atoms with van der Waals surface area (Å²) in [6.45, 7) is 6.63. The molecule has 6 heteroatoms. The van der Waals surface area contributed by atoms with Crippen molar-refractivity contribution in [3.05, 3.63) is 41.2 Å². The van der Waals surface area contributed by atoms with Gasteiger partial charge >= 0.3 is 5.97 Å². The molecular weight excluding hydrogens is 414 g/mol. The van der Waals surface area contributed by atoms with Gasteiger partial charge in [0.15, 0.2) is 0 Å². The summed E-state index contributed by atoms with van der Waals surface area (Å²) in [7, 11) is 0. The Kier molecular flexibility index (Phi) is 7.51. The second kappa shape index (κ2) is 10.5. The molecule has 0 radical (unpaired) electrons. The summed E-state index contributed by atoms with van der Waals surface area (Å²) in [6.07, 6.45) is 11.0. The number of hydrogen-bond acceptors (Lipinski definition) is 3. The molecule has 2 aliphatic rings. The molecule has 2 atom stereocenters. The van der Waals surface area contributed by atoms with Crippen molar-refractivity contribution < 1.29 is 14.7 Å². The third-order valence-electron chi connectivity index (χ3n) is 7.41. The Morgan fingerprint density at radius 1 is 1.15 bits per heavy atom. The lowest BCUT2D eigenvalue weighted by atomic mass is 9.85. The third kappa shape index (κ3) is 4.99. The van der Waals surface area contributed by atoms with E-state index in [1.165, 1.54) is 17.5 Å². The van der Waals surface area contributed by atoms with Crippen molar-refractivity contribution in [1.82, 2.24) is 14.5 Å². The molecule has 2 heterocycles. The molecule has 1 aliphatic carbocycles. The number of amides is 1. The summed E-state index contributed by atoms with van der Waals surface area (Å²) in [4.78, 5) is 31.6. The minimum absolute atomic E-state index is 0.0404. The number of carbonyl (C=O) groups is 2. The molecule has 1 N–H and O–H groups in total. The van der Waals surface area contributed by atoms with Gasteiger partial charge < -0.3 is 14.6 Å². The Balaban J connectivity index is 1.64. The highest BCUT2D eigenvalue weighted by molar-refractivity contribution is 5.93. The summed E-state index contributed by atoms with van der Waals surface area (Å²) >= 11 is 0. The fraction of sp³-hybridized carbons (Fsp3) is 0.593. The highest BCUT2D eigenvalue weighted by Crippen LogP contribution is 2.41. The van der Waals surface area contributed by atoms with Gasteiger partial charge in [0.1, 0.15) is 11.5 Å². The molecule has 1 saturated heterocycles. The van der Waals surface area contributed by atoms with Crippen molar-refractivity contribution in [2.24, 2.45) is 5.92 Å². The number of imidazole rings is 1. The Hall–Kier alpha value is -2.63. The fourth-order valence-electron chi connectivity index (χ4n) is 5.55. The molecule has 0 spiro atoms. The Bertz CT molecular complexity index is 990. The summed E-state index contributed by atoms with van der Waals surface area (Å²) in [6, 6.07) is 6.35. The van der Waals surface area contributed by atoms with Gasteiger partial charge in [-0.05, 0) is 68.1 Å². The zero-order valence-electron chi connectivity index (χ0n) is 20.1. The van der Waals surface area contributed by atoms with E-state index >= 15 is 0 Å². The van der Waals surface area contributed by atoms with Gasteiger partial charge in [-0.25, -0.2) is 4.98 Å². The lowest BCUT2D eigenvalue weighted by Gasteiger charge is -2.25. The van der Waals surface area contributed by atoms with E-state index in [-0.39, 0.29) is 17.7 Å². The molecule has 178 valence electrons. The van der Waals surface area contributed by atoms with Crippen molar-refractivity contribution in [3.63, 3.8) is 0 Å². The van der Waals surface area contributed by atoms with Crippen LogP contribution in [-0.4, -0.2) is 44.5 Å². The number of benzene rings is 1. The lowest BCUT2D eigenvalue weighted by Crippen LogP contribution is -2.35. The van der Waals surface area contributed by atoms with Crippen LogP contribution in [0.15, 0.2) is 24.4 Å². The Labute approximate surface area is 197 Å². The van der Waals surface area contributed by atoms with Crippen LogP contribution in [0, 0.1) is 5.92 Å². The van der Waals surface area contributed by atoms with Crippen LogP contribution >= 0.6 is 0 Å². The molecule has 1 fully saturated rings. The van der Waals surface area contributed by atoms with E-state index in [2.05, 4.69) is 29.7 Å². The molecule has 2 aromatic rings. The van der Waals surface area contributed by atoms with Crippen molar-refractivity contribution >= 4 is 11.9 Å². The molecule has 1 amide bonds. The number of carboxylic acids is 1. The summed E-state index contributed by atoms with van der Waals surface area (Å²) in [5.41, 5.74) is 3.96. The minimum atomic E-state index is -0.702. The quantitative estimate of drug-likeness (QED) is 0.510. The van der Waals surface area contributed by atoms with E-state index in [9.17, 15) is 14.7 Å². The molecule has 2 unspecified atom stereocenters. The first kappa shape index (κ1) is 23.5. The summed E-state index contributed by atoms with van der Waals surface area (Å²) in [5.74, 6) is -0.0626. The maximum absolute atomic E-state index is 13.1. The second-order valence-electron chi connectivity index (χ2n) is 9.61. The molecule has 33 heavy (non-hydrogen) atoms. The van der Waals surface area contributed by atoms with Gasteiger partial charge in [0.2, 0.25) is 0 Å². The first-order valence-corrected chi connectivity index (χ1v) is 12.8. The van der Waals surface area contributed by atoms with Crippen LogP contribution in [0.2, 0.25) is 0 Å². The zero-order chi connectivity index (χ0) is 23.4. The number of piperidine rings is 1. The van der Waals surface area contributed by atoms with Crippen LogP contribution in [0.1, 0.15) is 92.7 Å². The minimum Gasteiger partial charge on any atom is -0.481 e. The average Bonchev–Trinajstić information content (AvgIpc) is 3.44. The molecule has 4 rings (SSSR count). The van der Waals surface area contributed by atoms with Gasteiger partial charge in [-0.1, -0.05) is 38.8 Å². The number of fused-ring (bicyclic) bond motifs is 1. The summed E-state index contributed by atoms with van der Waals surface area (Å²) in [5, 5.41) is 9.64. The van der Waals surface area contributed by atoms with E-state index in [1.807, 2.05) is 18.0 Å². The SMILES string of the molecule is CCCCCn1cc(C(=O)N2CCCCC2)nc1-c1ccc2c(c1)CCC2C(CC)C(=O)O. The fourth-order valence-corrected chi connectivity index (χ4v) is 5.55. The Morgan fingerprint density at radius 3 is 2.64 bits per heavy atom. The van der Waals surface area contributed by atoms with Gasteiger partial charge in [-0.15, -0.1) is 0 Å². The van der Waals surface area contributed by atoms with E-state index in [0.29, 0.717) is 12.1 Å². The maximum atomic E-state index is 13.1. The van der Waals surface area contributed by atoms with Crippen LogP contribution in [0.3, 0.4) is 0 Å². The number of carboxylic acid groups (broad SMARTS) is 1. The number of unbranched alkanes of at least 4 members (excludes halogenated alkanes) is 2. The van der Waals surface area contributed by atoms with Crippen molar-refractivity contribution in [2.45, 2.75) is 84.1 Å². The van der Waals surface area contributed by atoms with Gasteiger partial charge in [0, 0.05) is 31.4 Å². The van der Waals surface area contributed by atoms with Gasteiger partial charge in [0.05, 0.1) is 5.92 Å². The van der Waals surface area contributed by atoms with Crippen LogP contribution in [0.5, 0.6) is 0 Å². The van der Waals surface area contributed by atoms with E-state index < -0.39 is 5.97 Å².